The van der Waals surface area contributed by atoms with Crippen molar-refractivity contribution in [2.45, 2.75) is 25.8 Å². The Morgan fingerprint density at radius 1 is 1.24 bits per heavy atom. The molecule has 1 atom stereocenters. The van der Waals surface area contributed by atoms with Gasteiger partial charge in [0, 0.05) is 16.4 Å². The number of nitrogens with one attached hydrogen (secondary N) is 2. The summed E-state index contributed by atoms with van der Waals surface area (Å²) in [7, 11) is 0. The van der Waals surface area contributed by atoms with Gasteiger partial charge in [-0.15, -0.1) is 11.8 Å². The van der Waals surface area contributed by atoms with Crippen molar-refractivity contribution >= 4 is 46.6 Å². The molecule has 2 aromatic carbocycles. The number of nitrogens with zero attached hydrogens (tertiary/aromatic N) is 1. The second-order valence-electron chi connectivity index (χ2n) is 6.46. The summed E-state index contributed by atoms with van der Waals surface area (Å²) in [6, 6.07) is 14.6. The molecule has 0 spiro atoms. The molecule has 0 aliphatic carbocycles. The summed E-state index contributed by atoms with van der Waals surface area (Å²) in [5.41, 5.74) is 1.85. The molecule has 0 radical (unpaired) electrons. The summed E-state index contributed by atoms with van der Waals surface area (Å²) in [6.07, 6.45) is 0.396. The van der Waals surface area contributed by atoms with Crippen LogP contribution in [0.15, 0.2) is 60.0 Å². The Hall–Kier alpha value is -2.64. The van der Waals surface area contributed by atoms with Crippen LogP contribution >= 0.6 is 23.4 Å². The highest BCUT2D eigenvalue weighted by Gasteiger charge is 2.34. The lowest BCUT2D eigenvalue weighted by Gasteiger charge is -2.37. The van der Waals surface area contributed by atoms with Crippen molar-refractivity contribution in [1.82, 2.24) is 5.32 Å². The molecule has 8 heteroatoms. The molecule has 29 heavy (non-hydrogen) atoms. The van der Waals surface area contributed by atoms with Crippen LogP contribution < -0.4 is 15.5 Å². The summed E-state index contributed by atoms with van der Waals surface area (Å²) >= 11 is 7.31. The lowest BCUT2D eigenvalue weighted by Crippen LogP contribution is -2.52. The van der Waals surface area contributed by atoms with Crippen molar-refractivity contribution in [3.05, 3.63) is 70.6 Å². The average molecular weight is 432 g/mol. The topological polar surface area (TPSA) is 81.7 Å². The van der Waals surface area contributed by atoms with E-state index < -0.39 is 5.50 Å². The van der Waals surface area contributed by atoms with E-state index in [1.807, 2.05) is 44.2 Å². The second kappa shape index (κ2) is 9.24. The SMILES string of the molecule is CCC1=C(O)N(c2ccccc2)[C@H](SCC(=O)Nc2cccc(Cl)c2C)NC1=O. The molecular weight excluding hydrogens is 410 g/mol. The molecule has 0 bridgehead atoms. The normalized spacial score (nSPS) is 16.6. The van der Waals surface area contributed by atoms with Gasteiger partial charge in [0.2, 0.25) is 11.8 Å². The zero-order valence-corrected chi connectivity index (χ0v) is 17.7. The summed E-state index contributed by atoms with van der Waals surface area (Å²) in [5, 5.41) is 17.0. The van der Waals surface area contributed by atoms with Gasteiger partial charge in [0.25, 0.3) is 5.91 Å². The second-order valence-corrected chi connectivity index (χ2v) is 7.93. The van der Waals surface area contributed by atoms with Crippen molar-refractivity contribution in [3.63, 3.8) is 0 Å². The van der Waals surface area contributed by atoms with E-state index in [1.165, 1.54) is 11.8 Å². The van der Waals surface area contributed by atoms with Crippen molar-refractivity contribution in [3.8, 4) is 0 Å². The number of amides is 2. The van der Waals surface area contributed by atoms with Gasteiger partial charge >= 0.3 is 0 Å². The maximum Gasteiger partial charge on any atom is 0.254 e. The highest BCUT2D eigenvalue weighted by atomic mass is 35.5. The number of para-hydroxylation sites is 1. The van der Waals surface area contributed by atoms with Crippen molar-refractivity contribution in [1.29, 1.82) is 0 Å². The van der Waals surface area contributed by atoms with Crippen LogP contribution in [0.2, 0.25) is 5.02 Å². The number of rotatable bonds is 6. The van der Waals surface area contributed by atoms with E-state index >= 15 is 0 Å². The van der Waals surface area contributed by atoms with Crippen LogP contribution in [0.5, 0.6) is 0 Å². The fourth-order valence-electron chi connectivity index (χ4n) is 2.99. The van der Waals surface area contributed by atoms with Gasteiger partial charge in [0.1, 0.15) is 0 Å². The van der Waals surface area contributed by atoms with Crippen LogP contribution in [0.25, 0.3) is 0 Å². The Balaban J connectivity index is 1.76. The number of thioether (sulfide) groups is 1. The Bertz CT molecular complexity index is 949. The Morgan fingerprint density at radius 3 is 2.66 bits per heavy atom. The highest BCUT2D eigenvalue weighted by molar-refractivity contribution is 8.00. The molecule has 6 nitrogen and oxygen atoms in total. The van der Waals surface area contributed by atoms with E-state index in [2.05, 4.69) is 10.6 Å². The van der Waals surface area contributed by atoms with Gasteiger partial charge in [-0.05, 0) is 43.2 Å². The average Bonchev–Trinajstić information content (AvgIpc) is 2.70. The molecule has 0 fully saturated rings. The number of anilines is 2. The Labute approximate surface area is 178 Å². The molecular formula is C21H22ClN3O3S. The number of halogens is 1. The molecule has 3 rings (SSSR count). The van der Waals surface area contributed by atoms with Gasteiger partial charge in [-0.2, -0.15) is 0 Å². The Kier molecular flexibility index (Phi) is 6.71. The lowest BCUT2D eigenvalue weighted by molar-refractivity contribution is -0.118. The molecule has 2 aromatic rings. The van der Waals surface area contributed by atoms with E-state index in [4.69, 9.17) is 11.6 Å². The van der Waals surface area contributed by atoms with Crippen LogP contribution in [0.1, 0.15) is 18.9 Å². The van der Waals surface area contributed by atoms with E-state index in [1.54, 1.807) is 23.1 Å². The number of hydrogen-bond donors (Lipinski definition) is 3. The van der Waals surface area contributed by atoms with E-state index in [-0.39, 0.29) is 23.5 Å². The predicted octanol–water partition coefficient (Wildman–Crippen LogP) is 4.42. The van der Waals surface area contributed by atoms with Gasteiger partial charge in [0.05, 0.1) is 11.3 Å². The lowest BCUT2D eigenvalue weighted by atomic mass is 10.1. The van der Waals surface area contributed by atoms with Gasteiger partial charge in [-0.25, -0.2) is 0 Å². The summed E-state index contributed by atoms with van der Waals surface area (Å²) in [4.78, 5) is 26.4. The fraction of sp³-hybridized carbons (Fsp3) is 0.238. The maximum atomic E-state index is 12.5. The molecule has 3 N–H and O–H groups in total. The third-order valence-electron chi connectivity index (χ3n) is 4.56. The number of aliphatic hydroxyl groups is 1. The van der Waals surface area contributed by atoms with E-state index in [0.29, 0.717) is 22.7 Å². The highest BCUT2D eigenvalue weighted by Crippen LogP contribution is 2.31. The first-order valence-corrected chi connectivity index (χ1v) is 10.6. The molecule has 2 amide bonds. The number of carbonyl (C=O) groups excluding carboxylic acids is 2. The number of benzene rings is 2. The summed E-state index contributed by atoms with van der Waals surface area (Å²) in [6.45, 7) is 3.64. The fourth-order valence-corrected chi connectivity index (χ4v) is 4.10. The molecule has 0 saturated carbocycles. The third kappa shape index (κ3) is 4.68. The van der Waals surface area contributed by atoms with Crippen molar-refractivity contribution < 1.29 is 14.7 Å². The van der Waals surface area contributed by atoms with Gasteiger partial charge in [-0.1, -0.05) is 42.8 Å². The number of aliphatic hydroxyl groups excluding tert-OH is 1. The summed E-state index contributed by atoms with van der Waals surface area (Å²) in [5.74, 6) is -0.575. The van der Waals surface area contributed by atoms with Gasteiger partial charge < -0.3 is 15.7 Å². The van der Waals surface area contributed by atoms with Crippen molar-refractivity contribution in [2.75, 3.05) is 16.0 Å². The van der Waals surface area contributed by atoms with Crippen LogP contribution in [0, 0.1) is 6.92 Å². The van der Waals surface area contributed by atoms with Crippen LogP contribution in [0.4, 0.5) is 11.4 Å². The quantitative estimate of drug-likeness (QED) is 0.630. The van der Waals surface area contributed by atoms with E-state index in [0.717, 1.165) is 11.3 Å². The number of carbonyl (C=O) groups is 2. The molecule has 1 aliphatic rings. The first kappa shape index (κ1) is 21.1. The molecule has 1 aliphatic heterocycles. The van der Waals surface area contributed by atoms with Crippen LogP contribution in [-0.4, -0.2) is 28.2 Å². The molecule has 152 valence electrons. The molecule has 0 unspecified atom stereocenters. The van der Waals surface area contributed by atoms with Crippen LogP contribution in [-0.2, 0) is 9.59 Å². The minimum Gasteiger partial charge on any atom is -0.494 e. The largest absolute Gasteiger partial charge is 0.494 e. The summed E-state index contributed by atoms with van der Waals surface area (Å²) < 4.78 is 0. The molecule has 1 heterocycles. The Morgan fingerprint density at radius 2 is 1.97 bits per heavy atom. The number of hydrogen-bond acceptors (Lipinski definition) is 5. The smallest absolute Gasteiger partial charge is 0.254 e. The van der Waals surface area contributed by atoms with Crippen molar-refractivity contribution in [2.24, 2.45) is 0 Å². The zero-order valence-electron chi connectivity index (χ0n) is 16.1. The predicted molar refractivity (Wildman–Crippen MR) is 118 cm³/mol. The molecule has 0 saturated heterocycles. The molecule has 0 aromatic heterocycles. The minimum absolute atomic E-state index is 0.0783. The maximum absolute atomic E-state index is 12.5. The van der Waals surface area contributed by atoms with Gasteiger partial charge in [0.15, 0.2) is 5.50 Å². The monoisotopic (exact) mass is 431 g/mol. The first-order chi connectivity index (χ1) is 13.9. The van der Waals surface area contributed by atoms with Gasteiger partial charge in [-0.3, -0.25) is 14.5 Å². The zero-order chi connectivity index (χ0) is 21.0. The first-order valence-electron chi connectivity index (χ1n) is 9.16. The third-order valence-corrected chi connectivity index (χ3v) is 6.05. The standard InChI is InChI=1S/C21H22ClN3O3S/c1-3-15-19(27)24-21(25(20(15)28)14-8-5-4-6-9-14)29-12-18(26)23-17-11-7-10-16(22)13(17)2/h4-11,21,28H,3,12H2,1-2H3,(H,23,26)(H,24,27)/t21-/m1/s1. The van der Waals surface area contributed by atoms with Crippen LogP contribution in [0.3, 0.4) is 0 Å². The minimum atomic E-state index is -0.619. The van der Waals surface area contributed by atoms with E-state index in [9.17, 15) is 14.7 Å².